The molecule has 0 saturated carbocycles. The molecule has 1 amide bonds. The molecule has 2 aromatic carbocycles. The van der Waals surface area contributed by atoms with Crippen molar-refractivity contribution in [1.82, 2.24) is 4.90 Å². The van der Waals surface area contributed by atoms with Crippen LogP contribution in [0.4, 0.5) is 11.4 Å². The summed E-state index contributed by atoms with van der Waals surface area (Å²) in [6.07, 6.45) is 1.71. The molecule has 1 aliphatic heterocycles. The Labute approximate surface area is 158 Å². The predicted molar refractivity (Wildman–Crippen MR) is 105 cm³/mol. The van der Waals surface area contributed by atoms with Gasteiger partial charge < -0.3 is 10.4 Å². The van der Waals surface area contributed by atoms with E-state index in [9.17, 15) is 20.0 Å². The Kier molecular flexibility index (Phi) is 5.19. The average Bonchev–Trinajstić information content (AvgIpc) is 2.89. The molecular formula is C17H13N3O4S2. The third-order valence-corrected chi connectivity index (χ3v) is 4.96. The largest absolute Gasteiger partial charge is 0.508 e. The van der Waals surface area contributed by atoms with E-state index in [1.54, 1.807) is 42.5 Å². The maximum absolute atomic E-state index is 12.5. The number of rotatable bonds is 5. The SMILES string of the molecule is O=C1/C(=C\c2ccc(O)cc2)SC(=S)N1CNc1ccc([N+](=O)[O-])cc1. The Morgan fingerprint density at radius 1 is 1.19 bits per heavy atom. The highest BCUT2D eigenvalue weighted by molar-refractivity contribution is 8.26. The average molecular weight is 387 g/mol. The first kappa shape index (κ1) is 17.9. The second-order valence-corrected chi connectivity index (χ2v) is 7.02. The number of aromatic hydroxyl groups is 1. The van der Waals surface area contributed by atoms with Crippen molar-refractivity contribution in [2.24, 2.45) is 0 Å². The van der Waals surface area contributed by atoms with Gasteiger partial charge in [-0.1, -0.05) is 36.1 Å². The molecule has 0 bridgehead atoms. The summed E-state index contributed by atoms with van der Waals surface area (Å²) in [5, 5.41) is 23.0. The zero-order valence-corrected chi connectivity index (χ0v) is 14.9. The number of nitro benzene ring substituents is 1. The highest BCUT2D eigenvalue weighted by atomic mass is 32.2. The Morgan fingerprint density at radius 3 is 2.46 bits per heavy atom. The van der Waals surface area contributed by atoms with E-state index < -0.39 is 4.92 Å². The number of hydrogen-bond acceptors (Lipinski definition) is 7. The number of phenols is 1. The van der Waals surface area contributed by atoms with Gasteiger partial charge in [0.2, 0.25) is 0 Å². The van der Waals surface area contributed by atoms with Crippen molar-refractivity contribution in [3.05, 3.63) is 69.1 Å². The van der Waals surface area contributed by atoms with Gasteiger partial charge in [-0.2, -0.15) is 0 Å². The lowest BCUT2D eigenvalue weighted by Gasteiger charge is -2.16. The number of carbonyl (C=O) groups excluding carboxylic acids is 1. The Morgan fingerprint density at radius 2 is 1.85 bits per heavy atom. The standard InChI is InChI=1S/C17H13N3O4S2/c21-14-7-1-11(2-8-14)9-15-16(22)19(17(25)26-15)10-18-12-3-5-13(6-4-12)20(23)24/h1-9,18,21H,10H2/b15-9+. The van der Waals surface area contributed by atoms with Crippen LogP contribution in [0, 0.1) is 10.1 Å². The number of anilines is 1. The summed E-state index contributed by atoms with van der Waals surface area (Å²) >= 11 is 6.46. The Balaban J connectivity index is 1.67. The van der Waals surface area contributed by atoms with Crippen LogP contribution in [0.3, 0.4) is 0 Å². The molecule has 0 aromatic heterocycles. The number of amides is 1. The summed E-state index contributed by atoms with van der Waals surface area (Å²) in [5.41, 5.74) is 1.43. The molecular weight excluding hydrogens is 374 g/mol. The van der Waals surface area contributed by atoms with E-state index >= 15 is 0 Å². The third-order valence-electron chi connectivity index (χ3n) is 3.58. The predicted octanol–water partition coefficient (Wildman–Crippen LogP) is 3.57. The van der Waals surface area contributed by atoms with Crippen molar-refractivity contribution in [2.75, 3.05) is 12.0 Å². The monoisotopic (exact) mass is 387 g/mol. The van der Waals surface area contributed by atoms with Gasteiger partial charge in [0, 0.05) is 17.8 Å². The van der Waals surface area contributed by atoms with Crippen LogP contribution in [0.15, 0.2) is 53.4 Å². The van der Waals surface area contributed by atoms with Crippen molar-refractivity contribution in [2.45, 2.75) is 0 Å². The second kappa shape index (κ2) is 7.54. The van der Waals surface area contributed by atoms with E-state index in [0.717, 1.165) is 5.56 Å². The van der Waals surface area contributed by atoms with Gasteiger partial charge in [0.05, 0.1) is 16.5 Å². The fourth-order valence-electron chi connectivity index (χ4n) is 2.23. The number of thioether (sulfide) groups is 1. The van der Waals surface area contributed by atoms with Crippen molar-refractivity contribution in [1.29, 1.82) is 0 Å². The van der Waals surface area contributed by atoms with Crippen LogP contribution in [-0.2, 0) is 4.79 Å². The fraction of sp³-hybridized carbons (Fsp3) is 0.0588. The molecule has 0 radical (unpaired) electrons. The molecule has 2 aromatic rings. The van der Waals surface area contributed by atoms with Crippen LogP contribution in [0.25, 0.3) is 6.08 Å². The number of non-ortho nitro benzene ring substituents is 1. The summed E-state index contributed by atoms with van der Waals surface area (Å²) in [7, 11) is 0. The maximum atomic E-state index is 12.5. The minimum atomic E-state index is -0.472. The summed E-state index contributed by atoms with van der Waals surface area (Å²) in [5.74, 6) is -0.0653. The molecule has 1 fully saturated rings. The number of hydrogen-bond donors (Lipinski definition) is 2. The van der Waals surface area contributed by atoms with E-state index in [4.69, 9.17) is 12.2 Å². The molecule has 3 rings (SSSR count). The van der Waals surface area contributed by atoms with Crippen molar-refractivity contribution in [3.8, 4) is 5.75 Å². The first-order chi connectivity index (χ1) is 12.4. The zero-order valence-electron chi connectivity index (χ0n) is 13.3. The molecule has 0 aliphatic carbocycles. The lowest BCUT2D eigenvalue weighted by molar-refractivity contribution is -0.384. The van der Waals surface area contributed by atoms with E-state index in [2.05, 4.69) is 5.32 Å². The van der Waals surface area contributed by atoms with Gasteiger partial charge in [-0.15, -0.1) is 0 Å². The molecule has 1 heterocycles. The molecule has 0 atom stereocenters. The van der Waals surface area contributed by atoms with E-state index in [1.807, 2.05) is 0 Å². The maximum Gasteiger partial charge on any atom is 0.269 e. The van der Waals surface area contributed by atoms with E-state index in [-0.39, 0.29) is 24.0 Å². The topological polar surface area (TPSA) is 95.7 Å². The molecule has 132 valence electrons. The van der Waals surface area contributed by atoms with Crippen molar-refractivity contribution < 1.29 is 14.8 Å². The van der Waals surface area contributed by atoms with E-state index in [1.165, 1.54) is 28.8 Å². The van der Waals surface area contributed by atoms with Gasteiger partial charge in [0.1, 0.15) is 10.1 Å². The summed E-state index contributed by atoms with van der Waals surface area (Å²) in [6, 6.07) is 12.4. The zero-order chi connectivity index (χ0) is 18.7. The molecule has 7 nitrogen and oxygen atoms in total. The fourth-order valence-corrected chi connectivity index (χ4v) is 3.48. The first-order valence-corrected chi connectivity index (χ1v) is 8.69. The summed E-state index contributed by atoms with van der Waals surface area (Å²) in [4.78, 5) is 24.6. The Hall–Kier alpha value is -2.91. The van der Waals surface area contributed by atoms with Gasteiger partial charge in [0.25, 0.3) is 11.6 Å². The number of phenolic OH excluding ortho intramolecular Hbond substituents is 1. The number of benzene rings is 2. The molecule has 9 heteroatoms. The molecule has 0 unspecified atom stereocenters. The first-order valence-electron chi connectivity index (χ1n) is 7.47. The van der Waals surface area contributed by atoms with Crippen molar-refractivity contribution in [3.63, 3.8) is 0 Å². The van der Waals surface area contributed by atoms with Crippen LogP contribution in [-0.4, -0.2) is 31.8 Å². The van der Waals surface area contributed by atoms with Gasteiger partial charge in [-0.05, 0) is 35.9 Å². The van der Waals surface area contributed by atoms with Crippen LogP contribution < -0.4 is 5.32 Å². The smallest absolute Gasteiger partial charge is 0.269 e. The normalized spacial score (nSPS) is 15.5. The second-order valence-electron chi connectivity index (χ2n) is 5.34. The summed E-state index contributed by atoms with van der Waals surface area (Å²) in [6.45, 7) is 0.162. The molecule has 1 saturated heterocycles. The van der Waals surface area contributed by atoms with Crippen molar-refractivity contribution >= 4 is 51.7 Å². The number of thiocarbonyl (C=S) groups is 1. The highest BCUT2D eigenvalue weighted by Gasteiger charge is 2.31. The van der Waals surface area contributed by atoms with Crippen LogP contribution >= 0.6 is 24.0 Å². The Bertz CT molecular complexity index is 895. The lowest BCUT2D eigenvalue weighted by atomic mass is 10.2. The molecule has 26 heavy (non-hydrogen) atoms. The van der Waals surface area contributed by atoms with E-state index in [0.29, 0.717) is 14.9 Å². The van der Waals surface area contributed by atoms with Gasteiger partial charge in [-0.3, -0.25) is 19.8 Å². The van der Waals surface area contributed by atoms with Gasteiger partial charge in [0.15, 0.2) is 0 Å². The number of nitrogens with one attached hydrogen (secondary N) is 1. The number of carbonyl (C=O) groups is 1. The highest BCUT2D eigenvalue weighted by Crippen LogP contribution is 2.32. The summed E-state index contributed by atoms with van der Waals surface area (Å²) < 4.78 is 0.425. The quantitative estimate of drug-likeness (QED) is 0.350. The van der Waals surface area contributed by atoms with Crippen LogP contribution in [0.5, 0.6) is 5.75 Å². The number of nitro groups is 1. The minimum absolute atomic E-state index is 0.00186. The molecule has 1 aliphatic rings. The van der Waals surface area contributed by atoms with Crippen LogP contribution in [0.1, 0.15) is 5.56 Å². The molecule has 0 spiro atoms. The lowest BCUT2D eigenvalue weighted by Crippen LogP contribution is -2.33. The van der Waals surface area contributed by atoms with Gasteiger partial charge in [-0.25, -0.2) is 0 Å². The van der Waals surface area contributed by atoms with Gasteiger partial charge >= 0.3 is 0 Å². The van der Waals surface area contributed by atoms with Crippen LogP contribution in [0.2, 0.25) is 0 Å². The minimum Gasteiger partial charge on any atom is -0.508 e. The molecule has 2 N–H and O–H groups in total. The number of nitrogens with zero attached hydrogens (tertiary/aromatic N) is 2. The third kappa shape index (κ3) is 4.01.